The number of thiazole rings is 1. The maximum atomic E-state index is 12.3. The molecule has 2 aromatic heterocycles. The summed E-state index contributed by atoms with van der Waals surface area (Å²) in [4.78, 5) is 12.1. The van der Waals surface area contributed by atoms with E-state index in [0.717, 1.165) is 5.01 Å². The van der Waals surface area contributed by atoms with Gasteiger partial charge in [0, 0.05) is 18.1 Å². The highest BCUT2D eigenvalue weighted by Crippen LogP contribution is 2.21. The Morgan fingerprint density at radius 3 is 2.48 bits per heavy atom. The van der Waals surface area contributed by atoms with Gasteiger partial charge in [0.1, 0.15) is 9.90 Å². The third-order valence-corrected chi connectivity index (χ3v) is 5.04. The molecule has 2 rings (SSSR count). The molecule has 0 saturated carbocycles. The highest BCUT2D eigenvalue weighted by Gasteiger charge is 2.22. The van der Waals surface area contributed by atoms with Crippen LogP contribution in [0.4, 0.5) is 5.95 Å². The molecule has 21 heavy (non-hydrogen) atoms. The van der Waals surface area contributed by atoms with E-state index in [4.69, 9.17) is 0 Å². The minimum absolute atomic E-state index is 0.0409. The molecule has 9 heteroatoms. The standard InChI is InChI=1S/C12H17N5O2S2/c1-3-10(11-14-5-6-20-11)17-21(18,19)9-7-15-12(13-4-2)16-8-9/h5-8,10,17H,3-4H2,1-2H3,(H,13,15,16). The van der Waals surface area contributed by atoms with Gasteiger partial charge in [-0.2, -0.15) is 0 Å². The molecule has 0 aliphatic carbocycles. The molecule has 0 aromatic carbocycles. The summed E-state index contributed by atoms with van der Waals surface area (Å²) in [5.74, 6) is 0.406. The van der Waals surface area contributed by atoms with E-state index in [1.807, 2.05) is 19.2 Å². The minimum Gasteiger partial charge on any atom is -0.355 e. The second-order valence-corrected chi connectivity index (χ2v) is 6.87. The van der Waals surface area contributed by atoms with Crippen molar-refractivity contribution in [3.05, 3.63) is 29.0 Å². The number of nitrogens with zero attached hydrogens (tertiary/aromatic N) is 3. The molecule has 2 N–H and O–H groups in total. The lowest BCUT2D eigenvalue weighted by atomic mass is 10.3. The molecule has 1 unspecified atom stereocenters. The molecule has 7 nitrogen and oxygen atoms in total. The first-order chi connectivity index (χ1) is 10.1. The molecule has 2 aromatic rings. The van der Waals surface area contributed by atoms with Crippen molar-refractivity contribution in [2.75, 3.05) is 11.9 Å². The summed E-state index contributed by atoms with van der Waals surface area (Å²) in [6.45, 7) is 4.49. The van der Waals surface area contributed by atoms with E-state index in [9.17, 15) is 8.42 Å². The Morgan fingerprint density at radius 1 is 1.24 bits per heavy atom. The van der Waals surface area contributed by atoms with Crippen LogP contribution in [0, 0.1) is 0 Å². The molecule has 0 aliphatic rings. The largest absolute Gasteiger partial charge is 0.355 e. The van der Waals surface area contributed by atoms with Crippen LogP contribution in [0.1, 0.15) is 31.3 Å². The first kappa shape index (κ1) is 15.8. The van der Waals surface area contributed by atoms with Gasteiger partial charge in [0.15, 0.2) is 0 Å². The van der Waals surface area contributed by atoms with E-state index in [0.29, 0.717) is 18.9 Å². The molecule has 0 radical (unpaired) electrons. The van der Waals surface area contributed by atoms with Crippen molar-refractivity contribution in [3.8, 4) is 0 Å². The SMILES string of the molecule is CCNc1ncc(S(=O)(=O)NC(CC)c2nccs2)cn1. The highest BCUT2D eigenvalue weighted by atomic mass is 32.2. The monoisotopic (exact) mass is 327 g/mol. The number of aromatic nitrogens is 3. The Balaban J connectivity index is 2.17. The van der Waals surface area contributed by atoms with E-state index in [-0.39, 0.29) is 10.9 Å². The van der Waals surface area contributed by atoms with E-state index in [1.54, 1.807) is 6.20 Å². The lowest BCUT2D eigenvalue weighted by molar-refractivity contribution is 0.548. The smallest absolute Gasteiger partial charge is 0.244 e. The Kier molecular flexibility index (Phi) is 5.21. The molecule has 114 valence electrons. The fraction of sp³-hybridized carbons (Fsp3) is 0.417. The Hall–Kier alpha value is -1.58. The number of hydrogen-bond acceptors (Lipinski definition) is 7. The zero-order valence-corrected chi connectivity index (χ0v) is 13.4. The lowest BCUT2D eigenvalue weighted by Crippen LogP contribution is -2.28. The third kappa shape index (κ3) is 3.96. The number of anilines is 1. The van der Waals surface area contributed by atoms with Gasteiger partial charge in [0.05, 0.1) is 18.4 Å². The summed E-state index contributed by atoms with van der Waals surface area (Å²) >= 11 is 1.42. The topological polar surface area (TPSA) is 96.9 Å². The number of hydrogen-bond donors (Lipinski definition) is 2. The first-order valence-electron chi connectivity index (χ1n) is 6.54. The predicted octanol–water partition coefficient (Wildman–Crippen LogP) is 1.79. The molecule has 0 bridgehead atoms. The number of sulfonamides is 1. The minimum atomic E-state index is -3.67. The summed E-state index contributed by atoms with van der Waals surface area (Å²) in [7, 11) is -3.67. The summed E-state index contributed by atoms with van der Waals surface area (Å²) in [5.41, 5.74) is 0. The zero-order chi connectivity index (χ0) is 15.3. The van der Waals surface area contributed by atoms with Crippen LogP contribution in [-0.2, 0) is 10.0 Å². The zero-order valence-electron chi connectivity index (χ0n) is 11.8. The van der Waals surface area contributed by atoms with Gasteiger partial charge in [-0.15, -0.1) is 11.3 Å². The average molecular weight is 327 g/mol. The van der Waals surface area contributed by atoms with Gasteiger partial charge in [-0.1, -0.05) is 6.92 Å². The van der Waals surface area contributed by atoms with E-state index in [1.165, 1.54) is 23.7 Å². The van der Waals surface area contributed by atoms with Crippen LogP contribution >= 0.6 is 11.3 Å². The average Bonchev–Trinajstić information content (AvgIpc) is 3.00. The molecule has 0 fully saturated rings. The second kappa shape index (κ2) is 6.92. The number of nitrogens with one attached hydrogen (secondary N) is 2. The molecule has 2 heterocycles. The van der Waals surface area contributed by atoms with Gasteiger partial charge >= 0.3 is 0 Å². The Bertz CT molecular complexity index is 655. The summed E-state index contributed by atoms with van der Waals surface area (Å²) < 4.78 is 27.3. The van der Waals surface area contributed by atoms with E-state index in [2.05, 4.69) is 25.0 Å². The second-order valence-electron chi connectivity index (χ2n) is 4.23. The van der Waals surface area contributed by atoms with Crippen molar-refractivity contribution in [1.29, 1.82) is 0 Å². The van der Waals surface area contributed by atoms with Crippen molar-refractivity contribution in [2.45, 2.75) is 31.2 Å². The van der Waals surface area contributed by atoms with Gasteiger partial charge in [-0.25, -0.2) is 28.1 Å². The fourth-order valence-electron chi connectivity index (χ4n) is 1.67. The van der Waals surface area contributed by atoms with Gasteiger partial charge in [0.2, 0.25) is 16.0 Å². The normalized spacial score (nSPS) is 13.0. The Labute approximate surface area is 127 Å². The lowest BCUT2D eigenvalue weighted by Gasteiger charge is -2.14. The Morgan fingerprint density at radius 2 is 1.95 bits per heavy atom. The summed E-state index contributed by atoms with van der Waals surface area (Å²) in [6, 6.07) is -0.344. The summed E-state index contributed by atoms with van der Waals surface area (Å²) in [6.07, 6.45) is 4.86. The summed E-state index contributed by atoms with van der Waals surface area (Å²) in [5, 5.41) is 5.48. The maximum Gasteiger partial charge on any atom is 0.244 e. The highest BCUT2D eigenvalue weighted by molar-refractivity contribution is 7.89. The quantitative estimate of drug-likeness (QED) is 0.805. The van der Waals surface area contributed by atoms with Crippen LogP contribution in [0.15, 0.2) is 28.9 Å². The molecule has 0 amide bonds. The van der Waals surface area contributed by atoms with Crippen LogP contribution in [0.3, 0.4) is 0 Å². The first-order valence-corrected chi connectivity index (χ1v) is 8.90. The van der Waals surface area contributed by atoms with Crippen molar-refractivity contribution in [3.63, 3.8) is 0 Å². The number of rotatable bonds is 7. The van der Waals surface area contributed by atoms with Gasteiger partial charge in [-0.3, -0.25) is 0 Å². The molecule has 0 spiro atoms. The van der Waals surface area contributed by atoms with Gasteiger partial charge in [0.25, 0.3) is 0 Å². The molecular weight excluding hydrogens is 310 g/mol. The van der Waals surface area contributed by atoms with Crippen LogP contribution in [0.5, 0.6) is 0 Å². The van der Waals surface area contributed by atoms with Gasteiger partial charge in [-0.05, 0) is 13.3 Å². The maximum absolute atomic E-state index is 12.3. The third-order valence-electron chi connectivity index (χ3n) is 2.73. The van der Waals surface area contributed by atoms with E-state index < -0.39 is 10.0 Å². The molecular formula is C12H17N5O2S2. The van der Waals surface area contributed by atoms with Crippen molar-refractivity contribution < 1.29 is 8.42 Å². The van der Waals surface area contributed by atoms with Crippen LogP contribution in [0.2, 0.25) is 0 Å². The fourth-order valence-corrected chi connectivity index (χ4v) is 3.69. The van der Waals surface area contributed by atoms with Crippen molar-refractivity contribution in [2.24, 2.45) is 0 Å². The van der Waals surface area contributed by atoms with Crippen LogP contribution < -0.4 is 10.0 Å². The van der Waals surface area contributed by atoms with Crippen LogP contribution in [0.25, 0.3) is 0 Å². The molecule has 1 atom stereocenters. The molecule has 0 aliphatic heterocycles. The van der Waals surface area contributed by atoms with Crippen LogP contribution in [-0.4, -0.2) is 29.9 Å². The molecule has 0 saturated heterocycles. The van der Waals surface area contributed by atoms with Crippen molar-refractivity contribution in [1.82, 2.24) is 19.7 Å². The van der Waals surface area contributed by atoms with Crippen molar-refractivity contribution >= 4 is 27.3 Å². The van der Waals surface area contributed by atoms with Gasteiger partial charge < -0.3 is 5.32 Å². The van der Waals surface area contributed by atoms with E-state index >= 15 is 0 Å². The predicted molar refractivity (Wildman–Crippen MR) is 81.7 cm³/mol.